The first-order chi connectivity index (χ1) is 11.2. The van der Waals surface area contributed by atoms with Gasteiger partial charge in [-0.1, -0.05) is 48.8 Å². The molecule has 0 amide bonds. The van der Waals surface area contributed by atoms with Gasteiger partial charge in [-0.2, -0.15) is 0 Å². The van der Waals surface area contributed by atoms with Gasteiger partial charge in [-0.25, -0.2) is 0 Å². The Bertz CT molecular complexity index is 423. The van der Waals surface area contributed by atoms with Crippen molar-refractivity contribution in [3.05, 3.63) is 0 Å². The summed E-state index contributed by atoms with van der Waals surface area (Å²) in [5.74, 6) is 0.702. The number of carboxylic acids is 1. The lowest BCUT2D eigenvalue weighted by atomic mass is 9.75. The van der Waals surface area contributed by atoms with Crippen molar-refractivity contribution in [3.63, 3.8) is 0 Å². The van der Waals surface area contributed by atoms with Gasteiger partial charge in [0, 0.05) is 11.5 Å². The van der Waals surface area contributed by atoms with E-state index in [-0.39, 0.29) is 17.8 Å². The monoisotopic (exact) mass is 378 g/mol. The molecule has 0 aromatic rings. The summed E-state index contributed by atoms with van der Waals surface area (Å²) in [6.07, 6.45) is 3.12. The average molecular weight is 379 g/mol. The van der Waals surface area contributed by atoms with Gasteiger partial charge in [0.25, 0.3) is 0 Å². The topological polar surface area (TPSA) is 116 Å². The Balaban J connectivity index is 2.37. The lowest BCUT2D eigenvalue weighted by molar-refractivity contribution is -0.156. The van der Waals surface area contributed by atoms with E-state index in [1.165, 1.54) is 28.0 Å². The van der Waals surface area contributed by atoms with Crippen molar-refractivity contribution in [2.75, 3.05) is 11.5 Å². The molecule has 5 N–H and O–H groups in total. The number of hydrogen-bond donors (Lipinski definition) is 3. The lowest BCUT2D eigenvalue weighted by Gasteiger charge is -2.37. The van der Waals surface area contributed by atoms with E-state index < -0.39 is 18.1 Å². The van der Waals surface area contributed by atoms with Crippen molar-refractivity contribution in [2.45, 2.75) is 58.2 Å². The van der Waals surface area contributed by atoms with E-state index in [0.717, 1.165) is 12.8 Å². The minimum Gasteiger partial charge on any atom is -0.480 e. The number of rotatable bonds is 9. The first-order valence-electron chi connectivity index (χ1n) is 8.41. The van der Waals surface area contributed by atoms with Gasteiger partial charge in [-0.3, -0.25) is 9.59 Å². The molecule has 0 spiro atoms. The molecule has 1 aliphatic rings. The highest BCUT2D eigenvalue weighted by atomic mass is 33.1. The Hall–Kier alpha value is -0.440. The summed E-state index contributed by atoms with van der Waals surface area (Å²) >= 11 is 0. The van der Waals surface area contributed by atoms with Gasteiger partial charge in [0.05, 0.1) is 0 Å². The predicted octanol–water partition coefficient (Wildman–Crippen LogP) is 2.11. The quantitative estimate of drug-likeness (QED) is 0.317. The molecule has 5 atom stereocenters. The smallest absolute Gasteiger partial charge is 0.324 e. The summed E-state index contributed by atoms with van der Waals surface area (Å²) in [5, 5.41) is 8.71. The third kappa shape index (κ3) is 7.21. The molecule has 6 nitrogen and oxygen atoms in total. The maximum Gasteiger partial charge on any atom is 0.324 e. The lowest BCUT2D eigenvalue weighted by Crippen LogP contribution is -2.42. The van der Waals surface area contributed by atoms with Gasteiger partial charge in [-0.05, 0) is 30.6 Å². The van der Waals surface area contributed by atoms with Crippen LogP contribution in [0.3, 0.4) is 0 Å². The predicted molar refractivity (Wildman–Crippen MR) is 99.7 cm³/mol. The molecule has 1 fully saturated rings. The van der Waals surface area contributed by atoms with Crippen molar-refractivity contribution in [2.24, 2.45) is 29.2 Å². The number of esters is 1. The number of carbonyl (C=O) groups excluding carboxylic acids is 1. The van der Waals surface area contributed by atoms with Crippen LogP contribution in [0.15, 0.2) is 0 Å². The van der Waals surface area contributed by atoms with Crippen LogP contribution in [-0.2, 0) is 14.3 Å². The van der Waals surface area contributed by atoms with Gasteiger partial charge >= 0.3 is 11.9 Å². The zero-order valence-electron chi connectivity index (χ0n) is 14.6. The molecular weight excluding hydrogens is 348 g/mol. The molecule has 0 bridgehead atoms. The van der Waals surface area contributed by atoms with Gasteiger partial charge in [-0.15, -0.1) is 0 Å². The highest BCUT2D eigenvalue weighted by Gasteiger charge is 2.34. The number of aliphatic carboxylic acids is 1. The second-order valence-electron chi connectivity index (χ2n) is 6.92. The minimum absolute atomic E-state index is 0.0506. The van der Waals surface area contributed by atoms with Crippen LogP contribution in [0.5, 0.6) is 0 Å². The Morgan fingerprint density at radius 3 is 2.29 bits per heavy atom. The zero-order chi connectivity index (χ0) is 18.3. The number of carbonyl (C=O) groups is 2. The molecule has 8 heteroatoms. The third-order valence-electron chi connectivity index (χ3n) is 4.43. The second kappa shape index (κ2) is 10.5. The molecule has 0 saturated heterocycles. The molecule has 0 aliphatic heterocycles. The average Bonchev–Trinajstić information content (AvgIpc) is 2.50. The molecule has 0 heterocycles. The zero-order valence-corrected chi connectivity index (χ0v) is 16.3. The van der Waals surface area contributed by atoms with E-state index in [1.807, 2.05) is 0 Å². The first-order valence-corrected chi connectivity index (χ1v) is 10.9. The summed E-state index contributed by atoms with van der Waals surface area (Å²) in [6, 6.07) is -1.60. The molecule has 1 saturated carbocycles. The van der Waals surface area contributed by atoms with Gasteiger partial charge < -0.3 is 21.3 Å². The van der Waals surface area contributed by atoms with Crippen molar-refractivity contribution in [1.29, 1.82) is 0 Å². The number of nitrogens with two attached hydrogens (primary N) is 2. The van der Waals surface area contributed by atoms with Crippen molar-refractivity contribution in [1.82, 2.24) is 0 Å². The Morgan fingerprint density at radius 2 is 1.75 bits per heavy atom. The highest BCUT2D eigenvalue weighted by Crippen LogP contribution is 2.35. The minimum atomic E-state index is -1.03. The molecule has 0 aromatic heterocycles. The van der Waals surface area contributed by atoms with Gasteiger partial charge in [0.15, 0.2) is 0 Å². The molecule has 1 rings (SSSR count). The largest absolute Gasteiger partial charge is 0.480 e. The molecule has 1 aliphatic carbocycles. The fourth-order valence-electron chi connectivity index (χ4n) is 2.87. The summed E-state index contributed by atoms with van der Waals surface area (Å²) in [4.78, 5) is 22.9. The Morgan fingerprint density at radius 1 is 1.17 bits per heavy atom. The molecule has 24 heavy (non-hydrogen) atoms. The highest BCUT2D eigenvalue weighted by molar-refractivity contribution is 8.76. The molecule has 0 aromatic carbocycles. The molecule has 140 valence electrons. The van der Waals surface area contributed by atoms with E-state index in [4.69, 9.17) is 21.3 Å². The molecular formula is C16H30N2O4S2. The number of hydrogen-bond acceptors (Lipinski definition) is 7. The van der Waals surface area contributed by atoms with E-state index >= 15 is 0 Å². The van der Waals surface area contributed by atoms with E-state index in [2.05, 4.69) is 20.8 Å². The standard InChI is InChI=1S/C16H30N2O4S2/c1-9(2)11-5-4-10(3)6-14(11)22-16(21)13(18)8-24-23-7-12(17)15(19)20/h9-14H,4-8,17-18H2,1-3H3,(H,19,20)/t10?,11?,12-,13-,14?/m0/s1. The fraction of sp³-hybridized carbons (Fsp3) is 0.875. The number of carboxylic acid groups (broad SMARTS) is 1. The Kier molecular flexibility index (Phi) is 9.48. The summed E-state index contributed by atoms with van der Waals surface area (Å²) in [5.41, 5.74) is 11.3. The van der Waals surface area contributed by atoms with Gasteiger partial charge in [0.2, 0.25) is 0 Å². The summed E-state index contributed by atoms with van der Waals surface area (Å²) < 4.78 is 5.71. The molecule has 0 radical (unpaired) electrons. The van der Waals surface area contributed by atoms with Crippen LogP contribution in [-0.4, -0.2) is 46.7 Å². The van der Waals surface area contributed by atoms with Crippen LogP contribution in [0.25, 0.3) is 0 Å². The second-order valence-corrected chi connectivity index (χ2v) is 9.47. The van der Waals surface area contributed by atoms with Crippen molar-refractivity contribution < 1.29 is 19.4 Å². The van der Waals surface area contributed by atoms with Crippen LogP contribution in [0.4, 0.5) is 0 Å². The molecule has 3 unspecified atom stereocenters. The van der Waals surface area contributed by atoms with E-state index in [0.29, 0.717) is 23.5 Å². The summed E-state index contributed by atoms with van der Waals surface area (Å²) in [7, 11) is 2.66. The van der Waals surface area contributed by atoms with Crippen molar-refractivity contribution in [3.8, 4) is 0 Å². The fourth-order valence-corrected chi connectivity index (χ4v) is 5.09. The van der Waals surface area contributed by atoms with E-state index in [1.54, 1.807) is 0 Å². The van der Waals surface area contributed by atoms with Gasteiger partial charge in [0.1, 0.15) is 18.2 Å². The van der Waals surface area contributed by atoms with Crippen LogP contribution >= 0.6 is 21.6 Å². The maximum atomic E-state index is 12.2. The maximum absolute atomic E-state index is 12.2. The third-order valence-corrected chi connectivity index (χ3v) is 6.90. The summed E-state index contributed by atoms with van der Waals surface area (Å²) in [6.45, 7) is 6.52. The first kappa shape index (κ1) is 21.6. The van der Waals surface area contributed by atoms with Crippen molar-refractivity contribution >= 4 is 33.5 Å². The number of ether oxygens (including phenoxy) is 1. The normalized spacial score (nSPS) is 26.8. The SMILES string of the molecule is CC1CCC(C(C)C)C(OC(=O)[C@@H](N)CSSC[C@H](N)C(=O)O)C1. The Labute approximate surface area is 152 Å². The van der Waals surface area contributed by atoms with Crippen LogP contribution in [0, 0.1) is 17.8 Å². The van der Waals surface area contributed by atoms with Crippen LogP contribution in [0.1, 0.15) is 40.0 Å². The van der Waals surface area contributed by atoms with E-state index in [9.17, 15) is 9.59 Å². The van der Waals surface area contributed by atoms with Crippen LogP contribution in [0.2, 0.25) is 0 Å². The van der Waals surface area contributed by atoms with Crippen LogP contribution < -0.4 is 11.5 Å².